The maximum absolute atomic E-state index is 10.9. The molecule has 0 aromatic carbocycles. The number of rotatable bonds is 3. The lowest BCUT2D eigenvalue weighted by molar-refractivity contribution is -0.194. The van der Waals surface area contributed by atoms with Gasteiger partial charge in [-0.3, -0.25) is 0 Å². The van der Waals surface area contributed by atoms with Crippen LogP contribution in [0.2, 0.25) is 0 Å². The van der Waals surface area contributed by atoms with E-state index in [1.807, 2.05) is 0 Å². The second-order valence-electron chi connectivity index (χ2n) is 3.04. The molecule has 94 valence electrons. The lowest BCUT2D eigenvalue weighted by Crippen LogP contribution is -2.32. The van der Waals surface area contributed by atoms with Crippen LogP contribution in [0.1, 0.15) is 0 Å². The molecule has 0 atom stereocenters. The summed E-state index contributed by atoms with van der Waals surface area (Å²) in [5.74, 6) is -0.455. The van der Waals surface area contributed by atoms with Gasteiger partial charge < -0.3 is 26.8 Å². The van der Waals surface area contributed by atoms with Gasteiger partial charge in [0.05, 0.1) is 6.67 Å². The first-order valence-corrected chi connectivity index (χ1v) is 4.53. The van der Waals surface area contributed by atoms with Crippen LogP contribution in [-0.4, -0.2) is 60.7 Å². The summed E-state index contributed by atoms with van der Waals surface area (Å²) in [5.41, 5.74) is 8.50. The standard InChI is InChI=1S/C6H13N3O3.CH4N2O/c1-8(11)4-6(10)12-9-3-2-7-5-9;2-1(3)4/h7,11H,2-5H2,1H3;(H4,2,3,4). The number of hydrogen-bond acceptors (Lipinski definition) is 7. The van der Waals surface area contributed by atoms with E-state index in [-0.39, 0.29) is 6.54 Å². The summed E-state index contributed by atoms with van der Waals surface area (Å²) in [6, 6.07) is -0.833. The van der Waals surface area contributed by atoms with Gasteiger partial charge in [0, 0.05) is 20.1 Å². The fraction of sp³-hybridized carbons (Fsp3) is 0.714. The van der Waals surface area contributed by atoms with Gasteiger partial charge in [-0.1, -0.05) is 0 Å². The lowest BCUT2D eigenvalue weighted by Gasteiger charge is -2.14. The van der Waals surface area contributed by atoms with Gasteiger partial charge in [0.2, 0.25) is 0 Å². The second kappa shape index (κ2) is 7.82. The molecular formula is C7H17N5O4. The third kappa shape index (κ3) is 9.15. The number of amides is 2. The third-order valence-corrected chi connectivity index (χ3v) is 1.41. The number of nitrogens with zero attached hydrogens (tertiary/aromatic N) is 2. The fourth-order valence-corrected chi connectivity index (χ4v) is 0.924. The van der Waals surface area contributed by atoms with Crippen LogP contribution < -0.4 is 16.8 Å². The highest BCUT2D eigenvalue weighted by Gasteiger charge is 2.16. The van der Waals surface area contributed by atoms with Crippen LogP contribution >= 0.6 is 0 Å². The predicted octanol–water partition coefficient (Wildman–Crippen LogP) is -2.35. The molecule has 1 fully saturated rings. The Kier molecular flexibility index (Phi) is 7.12. The first-order valence-electron chi connectivity index (χ1n) is 4.53. The molecule has 0 aromatic heterocycles. The van der Waals surface area contributed by atoms with Crippen LogP contribution in [0, 0.1) is 0 Å². The van der Waals surface area contributed by atoms with E-state index in [4.69, 9.17) is 14.8 Å². The van der Waals surface area contributed by atoms with Gasteiger partial charge in [0.15, 0.2) is 0 Å². The van der Waals surface area contributed by atoms with E-state index in [1.165, 1.54) is 12.1 Å². The number of carbonyl (C=O) groups excluding carboxylic acids is 2. The smallest absolute Gasteiger partial charge is 0.341 e. The van der Waals surface area contributed by atoms with Crippen molar-refractivity contribution in [2.24, 2.45) is 11.5 Å². The lowest BCUT2D eigenvalue weighted by atomic mass is 10.6. The second-order valence-corrected chi connectivity index (χ2v) is 3.04. The molecule has 0 radical (unpaired) electrons. The molecule has 2 amide bonds. The Balaban J connectivity index is 0.000000487. The quantitative estimate of drug-likeness (QED) is 0.402. The first kappa shape index (κ1) is 14.6. The van der Waals surface area contributed by atoms with Crippen LogP contribution in [0.25, 0.3) is 0 Å². The zero-order chi connectivity index (χ0) is 12.6. The number of nitrogens with one attached hydrogen (secondary N) is 1. The summed E-state index contributed by atoms with van der Waals surface area (Å²) in [5, 5.41) is 14.0. The summed E-state index contributed by atoms with van der Waals surface area (Å²) in [6.45, 7) is 1.96. The molecule has 0 bridgehead atoms. The fourth-order valence-electron chi connectivity index (χ4n) is 0.924. The van der Waals surface area contributed by atoms with Crippen molar-refractivity contribution in [2.45, 2.75) is 0 Å². The van der Waals surface area contributed by atoms with Gasteiger partial charge in [-0.25, -0.2) is 9.59 Å². The minimum atomic E-state index is -0.833. The van der Waals surface area contributed by atoms with Gasteiger partial charge in [-0.2, -0.15) is 5.06 Å². The Hall–Kier alpha value is -1.42. The molecule has 6 N–H and O–H groups in total. The van der Waals surface area contributed by atoms with Crippen molar-refractivity contribution in [3.63, 3.8) is 0 Å². The number of hydrogen-bond donors (Lipinski definition) is 4. The molecule has 9 nitrogen and oxygen atoms in total. The van der Waals surface area contributed by atoms with Gasteiger partial charge >= 0.3 is 12.0 Å². The first-order chi connectivity index (χ1) is 7.41. The number of primary amides is 2. The predicted molar refractivity (Wildman–Crippen MR) is 53.9 cm³/mol. The summed E-state index contributed by atoms with van der Waals surface area (Å²) in [7, 11) is 1.39. The van der Waals surface area contributed by atoms with Crippen LogP contribution in [-0.2, 0) is 9.63 Å². The van der Waals surface area contributed by atoms with Crippen molar-refractivity contribution in [2.75, 3.05) is 33.4 Å². The normalized spacial score (nSPS) is 15.4. The number of urea groups is 1. The van der Waals surface area contributed by atoms with Crippen LogP contribution in [0.4, 0.5) is 4.79 Å². The van der Waals surface area contributed by atoms with E-state index in [0.29, 0.717) is 13.2 Å². The monoisotopic (exact) mass is 235 g/mol. The van der Waals surface area contributed by atoms with E-state index < -0.39 is 12.0 Å². The molecule has 0 saturated carbocycles. The molecule has 1 aliphatic heterocycles. The zero-order valence-corrected chi connectivity index (χ0v) is 9.05. The molecule has 1 heterocycles. The summed E-state index contributed by atoms with van der Waals surface area (Å²) < 4.78 is 0. The number of hydroxylamine groups is 4. The molecule has 9 heteroatoms. The van der Waals surface area contributed by atoms with Crippen LogP contribution in [0.15, 0.2) is 0 Å². The molecular weight excluding hydrogens is 218 g/mol. The Bertz CT molecular complexity index is 225. The number of nitrogens with two attached hydrogens (primary N) is 2. The maximum Gasteiger partial charge on any atom is 0.341 e. The highest BCUT2D eigenvalue weighted by molar-refractivity contribution is 5.71. The van der Waals surface area contributed by atoms with E-state index in [9.17, 15) is 4.79 Å². The summed E-state index contributed by atoms with van der Waals surface area (Å²) in [6.07, 6.45) is 0. The Morgan fingerprint density at radius 3 is 2.50 bits per heavy atom. The zero-order valence-electron chi connectivity index (χ0n) is 9.05. The van der Waals surface area contributed by atoms with Crippen LogP contribution in [0.3, 0.4) is 0 Å². The average molecular weight is 235 g/mol. The summed E-state index contributed by atoms with van der Waals surface area (Å²) >= 11 is 0. The molecule has 1 aliphatic rings. The van der Waals surface area contributed by atoms with Gasteiger partial charge in [-0.05, 0) is 0 Å². The maximum atomic E-state index is 10.9. The largest absolute Gasteiger partial charge is 0.365 e. The van der Waals surface area contributed by atoms with E-state index >= 15 is 0 Å². The van der Waals surface area contributed by atoms with Crippen molar-refractivity contribution in [3.8, 4) is 0 Å². The Morgan fingerprint density at radius 1 is 1.56 bits per heavy atom. The Morgan fingerprint density at radius 2 is 2.12 bits per heavy atom. The molecule has 0 aliphatic carbocycles. The van der Waals surface area contributed by atoms with Crippen molar-refractivity contribution in [1.82, 2.24) is 15.4 Å². The molecule has 1 rings (SSSR count). The summed E-state index contributed by atoms with van der Waals surface area (Å²) in [4.78, 5) is 24.8. The average Bonchev–Trinajstić information content (AvgIpc) is 2.53. The third-order valence-electron chi connectivity index (χ3n) is 1.41. The SMILES string of the molecule is CN(O)CC(=O)ON1CCNC1.NC(N)=O. The van der Waals surface area contributed by atoms with Crippen molar-refractivity contribution in [3.05, 3.63) is 0 Å². The van der Waals surface area contributed by atoms with Crippen molar-refractivity contribution < 1.29 is 19.6 Å². The number of carbonyl (C=O) groups is 2. The van der Waals surface area contributed by atoms with Gasteiger partial charge in [-0.15, -0.1) is 5.06 Å². The highest BCUT2D eigenvalue weighted by atomic mass is 16.7. The molecule has 1 saturated heterocycles. The van der Waals surface area contributed by atoms with E-state index in [1.54, 1.807) is 0 Å². The molecule has 0 unspecified atom stereocenters. The highest BCUT2D eigenvalue weighted by Crippen LogP contribution is 1.94. The van der Waals surface area contributed by atoms with E-state index in [2.05, 4.69) is 16.8 Å². The topological polar surface area (TPSA) is 134 Å². The van der Waals surface area contributed by atoms with Gasteiger partial charge in [0.1, 0.15) is 6.54 Å². The Labute approximate surface area is 92.8 Å². The minimum Gasteiger partial charge on any atom is -0.365 e. The van der Waals surface area contributed by atoms with Crippen LogP contribution in [0.5, 0.6) is 0 Å². The van der Waals surface area contributed by atoms with Crippen molar-refractivity contribution in [1.29, 1.82) is 0 Å². The number of likely N-dealkylation sites (N-methyl/N-ethyl adjacent to an activating group) is 1. The minimum absolute atomic E-state index is 0.115. The molecule has 0 spiro atoms. The molecule has 16 heavy (non-hydrogen) atoms. The van der Waals surface area contributed by atoms with Gasteiger partial charge in [0.25, 0.3) is 0 Å². The van der Waals surface area contributed by atoms with Crippen molar-refractivity contribution >= 4 is 12.0 Å². The molecule has 0 aromatic rings. The van der Waals surface area contributed by atoms with E-state index in [0.717, 1.165) is 11.6 Å².